The largest absolute Gasteiger partial charge is 0.469 e. The summed E-state index contributed by atoms with van der Waals surface area (Å²) in [6.45, 7) is 3.44. The van der Waals surface area contributed by atoms with Crippen LogP contribution in [0.25, 0.3) is 0 Å². The molecule has 1 rings (SSSR count). The van der Waals surface area contributed by atoms with Gasteiger partial charge in [-0.1, -0.05) is 32.1 Å². The summed E-state index contributed by atoms with van der Waals surface area (Å²) < 4.78 is 4.62. The number of carbonyl (C=O) groups is 1. The number of aliphatic hydroxyl groups is 1. The molecule has 2 N–H and O–H groups in total. The van der Waals surface area contributed by atoms with E-state index >= 15 is 0 Å². The summed E-state index contributed by atoms with van der Waals surface area (Å²) in [6.07, 6.45) is 12.2. The van der Waals surface area contributed by atoms with Crippen molar-refractivity contribution in [3.05, 3.63) is 0 Å². The number of unbranched alkanes of at least 4 members (excludes halogenated alkanes) is 5. The van der Waals surface area contributed by atoms with E-state index in [4.69, 9.17) is 0 Å². The number of carbonyl (C=O) groups excluding carboxylic acids is 1. The Morgan fingerprint density at radius 1 is 1.05 bits per heavy atom. The van der Waals surface area contributed by atoms with E-state index in [1.54, 1.807) is 4.90 Å². The maximum Gasteiger partial charge on any atom is 0.305 e. The molecule has 4 heteroatoms. The van der Waals surface area contributed by atoms with E-state index in [1.165, 1.54) is 58.7 Å². The van der Waals surface area contributed by atoms with E-state index in [0.717, 1.165) is 32.2 Å². The number of rotatable bonds is 11. The highest BCUT2D eigenvalue weighted by molar-refractivity contribution is 5.68. The first kappa shape index (κ1) is 18.4. The van der Waals surface area contributed by atoms with Gasteiger partial charge in [0.15, 0.2) is 0 Å². The Morgan fingerprint density at radius 2 is 1.67 bits per heavy atom. The van der Waals surface area contributed by atoms with Crippen LogP contribution < -0.4 is 4.90 Å². The Bertz CT molecular complexity index is 265. The van der Waals surface area contributed by atoms with Crippen LogP contribution >= 0.6 is 0 Å². The van der Waals surface area contributed by atoms with Crippen molar-refractivity contribution in [2.75, 3.05) is 26.7 Å². The fourth-order valence-corrected chi connectivity index (χ4v) is 3.15. The Morgan fingerprint density at radius 3 is 2.33 bits per heavy atom. The fourth-order valence-electron chi connectivity index (χ4n) is 3.15. The van der Waals surface area contributed by atoms with Crippen LogP contribution in [-0.2, 0) is 9.53 Å². The fraction of sp³-hybridized carbons (Fsp3) is 0.941. The quantitative estimate of drug-likeness (QED) is 0.451. The third-order valence-corrected chi connectivity index (χ3v) is 4.48. The summed E-state index contributed by atoms with van der Waals surface area (Å²) in [7, 11) is 1.44. The van der Waals surface area contributed by atoms with Gasteiger partial charge in [0.2, 0.25) is 0 Å². The average Bonchev–Trinajstić information content (AvgIpc) is 2.50. The lowest BCUT2D eigenvalue weighted by atomic mass is 10.0. The molecule has 0 amide bonds. The predicted molar refractivity (Wildman–Crippen MR) is 84.4 cm³/mol. The number of hydrogen-bond donors (Lipinski definition) is 2. The minimum atomic E-state index is -0.113. The molecule has 0 radical (unpaired) electrons. The monoisotopic (exact) mass is 300 g/mol. The highest BCUT2D eigenvalue weighted by Crippen LogP contribution is 2.10. The number of hydrogen-bond acceptors (Lipinski definition) is 3. The molecule has 0 aromatic carbocycles. The Balaban J connectivity index is 1.85. The average molecular weight is 300 g/mol. The molecular weight excluding hydrogens is 266 g/mol. The number of nitrogens with one attached hydrogen (secondary N) is 1. The first-order valence-electron chi connectivity index (χ1n) is 8.81. The first-order valence-corrected chi connectivity index (χ1v) is 8.81. The van der Waals surface area contributed by atoms with Crippen LogP contribution in [0, 0.1) is 0 Å². The third kappa shape index (κ3) is 9.86. The number of esters is 1. The first-order chi connectivity index (χ1) is 10.2. The molecule has 0 aromatic rings. The molecule has 0 spiro atoms. The molecule has 1 saturated heterocycles. The van der Waals surface area contributed by atoms with Crippen LogP contribution in [0.1, 0.15) is 70.6 Å². The van der Waals surface area contributed by atoms with Gasteiger partial charge in [-0.15, -0.1) is 0 Å². The maximum atomic E-state index is 10.9. The molecule has 1 aliphatic rings. The molecule has 0 aliphatic carbocycles. The highest BCUT2D eigenvalue weighted by atomic mass is 16.5. The second-order valence-electron chi connectivity index (χ2n) is 6.40. The molecule has 1 fully saturated rings. The molecule has 4 nitrogen and oxygen atoms in total. The van der Waals surface area contributed by atoms with Crippen LogP contribution in [0.4, 0.5) is 0 Å². The molecule has 124 valence electrons. The van der Waals surface area contributed by atoms with Crippen LogP contribution in [-0.4, -0.2) is 43.9 Å². The van der Waals surface area contributed by atoms with Crippen molar-refractivity contribution in [3.63, 3.8) is 0 Å². The van der Waals surface area contributed by atoms with Crippen LogP contribution in [0.5, 0.6) is 0 Å². The standard InChI is InChI=1S/C17H33NO3/c1-21-17(20)12-8-5-3-2-4-7-11-16(19)15-18-13-9-6-10-14-18/h16,19H,2-15H2,1H3/p+1. The maximum absolute atomic E-state index is 10.9. The summed E-state index contributed by atoms with van der Waals surface area (Å²) in [5.41, 5.74) is 0. The van der Waals surface area contributed by atoms with Gasteiger partial charge in [0.1, 0.15) is 12.6 Å². The van der Waals surface area contributed by atoms with Gasteiger partial charge < -0.3 is 14.7 Å². The van der Waals surface area contributed by atoms with Crippen molar-refractivity contribution in [1.82, 2.24) is 0 Å². The predicted octanol–water partition coefficient (Wildman–Crippen LogP) is 1.71. The normalized spacial score (nSPS) is 17.6. The molecule has 21 heavy (non-hydrogen) atoms. The smallest absolute Gasteiger partial charge is 0.305 e. The topological polar surface area (TPSA) is 51.0 Å². The van der Waals surface area contributed by atoms with Gasteiger partial charge in [0.25, 0.3) is 0 Å². The summed E-state index contributed by atoms with van der Waals surface area (Å²) in [5.74, 6) is -0.0988. The zero-order valence-electron chi connectivity index (χ0n) is 13.7. The van der Waals surface area contributed by atoms with Gasteiger partial charge in [-0.2, -0.15) is 0 Å². The lowest BCUT2D eigenvalue weighted by Crippen LogP contribution is -3.13. The summed E-state index contributed by atoms with van der Waals surface area (Å²) in [5, 5.41) is 10.1. The van der Waals surface area contributed by atoms with Crippen molar-refractivity contribution in [2.45, 2.75) is 76.7 Å². The Labute approximate surface area is 129 Å². The molecule has 1 atom stereocenters. The lowest BCUT2D eigenvalue weighted by molar-refractivity contribution is -0.908. The minimum absolute atomic E-state index is 0.0988. The number of quaternary nitrogens is 1. The zero-order valence-corrected chi connectivity index (χ0v) is 13.7. The zero-order chi connectivity index (χ0) is 15.3. The van der Waals surface area contributed by atoms with Crippen molar-refractivity contribution in [2.24, 2.45) is 0 Å². The van der Waals surface area contributed by atoms with Crippen molar-refractivity contribution in [1.29, 1.82) is 0 Å². The molecule has 0 saturated carbocycles. The summed E-state index contributed by atoms with van der Waals surface area (Å²) in [4.78, 5) is 12.5. The van der Waals surface area contributed by atoms with Crippen LogP contribution in [0.2, 0.25) is 0 Å². The van der Waals surface area contributed by atoms with Crippen LogP contribution in [0.15, 0.2) is 0 Å². The third-order valence-electron chi connectivity index (χ3n) is 4.48. The SMILES string of the molecule is COC(=O)CCCCCCCCC(O)C[NH+]1CCCCC1. The van der Waals surface area contributed by atoms with Crippen molar-refractivity contribution < 1.29 is 19.5 Å². The van der Waals surface area contributed by atoms with Gasteiger partial charge >= 0.3 is 5.97 Å². The number of methoxy groups -OCH3 is 1. The number of ether oxygens (including phenoxy) is 1. The number of aliphatic hydroxyl groups excluding tert-OH is 1. The second-order valence-corrected chi connectivity index (χ2v) is 6.40. The second kappa shape index (κ2) is 12.0. The summed E-state index contributed by atoms with van der Waals surface area (Å²) in [6, 6.07) is 0. The molecular formula is C17H34NO3+. The molecule has 1 unspecified atom stereocenters. The molecule has 1 aliphatic heterocycles. The van der Waals surface area contributed by atoms with E-state index in [-0.39, 0.29) is 12.1 Å². The van der Waals surface area contributed by atoms with E-state index < -0.39 is 0 Å². The van der Waals surface area contributed by atoms with E-state index in [2.05, 4.69) is 4.74 Å². The Kier molecular flexibility index (Phi) is 10.5. The van der Waals surface area contributed by atoms with Crippen molar-refractivity contribution in [3.8, 4) is 0 Å². The number of piperidine rings is 1. The van der Waals surface area contributed by atoms with E-state index in [1.807, 2.05) is 0 Å². The molecule has 1 heterocycles. The molecule has 0 aromatic heterocycles. The summed E-state index contributed by atoms with van der Waals surface area (Å²) >= 11 is 0. The van der Waals surface area contributed by atoms with Gasteiger partial charge in [-0.25, -0.2) is 0 Å². The number of likely N-dealkylation sites (tertiary alicyclic amines) is 1. The minimum Gasteiger partial charge on any atom is -0.469 e. The van der Waals surface area contributed by atoms with Crippen molar-refractivity contribution >= 4 is 5.97 Å². The Hall–Kier alpha value is -0.610. The van der Waals surface area contributed by atoms with Crippen LogP contribution in [0.3, 0.4) is 0 Å². The van der Waals surface area contributed by atoms with Gasteiger partial charge in [-0.05, 0) is 32.1 Å². The van der Waals surface area contributed by atoms with E-state index in [9.17, 15) is 9.90 Å². The van der Waals surface area contributed by atoms with Gasteiger partial charge in [0.05, 0.1) is 20.2 Å². The van der Waals surface area contributed by atoms with Gasteiger partial charge in [-0.3, -0.25) is 4.79 Å². The molecule has 0 bridgehead atoms. The van der Waals surface area contributed by atoms with Gasteiger partial charge in [0, 0.05) is 6.42 Å². The highest BCUT2D eigenvalue weighted by Gasteiger charge is 2.17. The lowest BCUT2D eigenvalue weighted by Gasteiger charge is -2.25. The van der Waals surface area contributed by atoms with E-state index in [0.29, 0.717) is 6.42 Å².